The quantitative estimate of drug-likeness (QED) is 0.794. The summed E-state index contributed by atoms with van der Waals surface area (Å²) in [6, 6.07) is 10.4. The average molecular weight is 385 g/mol. The average Bonchev–Trinajstić information content (AvgIpc) is 3.16. The number of carbonyl (C=O) groups excluding carboxylic acids is 1. The van der Waals surface area contributed by atoms with Gasteiger partial charge in [-0.05, 0) is 38.1 Å². The molecule has 3 heterocycles. The second-order valence-electron chi connectivity index (χ2n) is 7.45. The van der Waals surface area contributed by atoms with Crippen LogP contribution in [-0.2, 0) is 17.8 Å². The first-order valence-corrected chi connectivity index (χ1v) is 10.9. The maximum atomic E-state index is 12.7. The Morgan fingerprint density at radius 2 is 1.70 bits per heavy atom. The molecule has 4 rings (SSSR count). The molecule has 2 aliphatic heterocycles. The van der Waals surface area contributed by atoms with Gasteiger partial charge < -0.3 is 9.80 Å². The summed E-state index contributed by atoms with van der Waals surface area (Å²) in [6.07, 6.45) is 4.38. The lowest BCUT2D eigenvalue weighted by atomic mass is 10.1. The summed E-state index contributed by atoms with van der Waals surface area (Å²) < 4.78 is 0. The predicted molar refractivity (Wildman–Crippen MR) is 110 cm³/mol. The maximum Gasteiger partial charge on any atom is 0.228 e. The molecule has 1 amide bonds. The number of benzene rings is 1. The van der Waals surface area contributed by atoms with Crippen LogP contribution < -0.4 is 4.90 Å². The highest BCUT2D eigenvalue weighted by molar-refractivity contribution is 7.09. The zero-order valence-corrected chi connectivity index (χ0v) is 16.7. The van der Waals surface area contributed by atoms with Crippen molar-refractivity contribution in [2.24, 2.45) is 0 Å². The Bertz CT molecular complexity index is 734. The summed E-state index contributed by atoms with van der Waals surface area (Å²) in [7, 11) is 0. The molecule has 0 saturated carbocycles. The second-order valence-corrected chi connectivity index (χ2v) is 8.39. The van der Waals surface area contributed by atoms with Crippen LogP contribution in [0.2, 0.25) is 0 Å². The van der Waals surface area contributed by atoms with Gasteiger partial charge in [-0.2, -0.15) is 0 Å². The summed E-state index contributed by atoms with van der Waals surface area (Å²) in [5, 5.41) is 3.21. The Morgan fingerprint density at radius 1 is 0.963 bits per heavy atom. The molecule has 27 heavy (non-hydrogen) atoms. The number of nitrogens with zero attached hydrogens (tertiary/aromatic N) is 4. The molecule has 0 spiro atoms. The van der Waals surface area contributed by atoms with Crippen LogP contribution in [0.1, 0.15) is 30.0 Å². The third-order valence-electron chi connectivity index (χ3n) is 5.49. The lowest BCUT2D eigenvalue weighted by molar-refractivity contribution is -0.130. The molecule has 2 aromatic rings. The number of carbonyl (C=O) groups is 1. The molecule has 6 heteroatoms. The van der Waals surface area contributed by atoms with Crippen molar-refractivity contribution < 1.29 is 4.79 Å². The van der Waals surface area contributed by atoms with Crippen molar-refractivity contribution in [1.82, 2.24) is 14.8 Å². The number of rotatable bonds is 5. The number of aromatic nitrogens is 1. The van der Waals surface area contributed by atoms with Gasteiger partial charge in [-0.25, -0.2) is 4.98 Å². The van der Waals surface area contributed by atoms with Crippen molar-refractivity contribution in [2.45, 2.75) is 32.2 Å². The Balaban J connectivity index is 1.26. The Kier molecular flexibility index (Phi) is 6.04. The molecule has 2 aliphatic rings. The van der Waals surface area contributed by atoms with E-state index < -0.39 is 0 Å². The first kappa shape index (κ1) is 18.4. The van der Waals surface area contributed by atoms with Crippen LogP contribution in [0.3, 0.4) is 0 Å². The smallest absolute Gasteiger partial charge is 0.228 e. The van der Waals surface area contributed by atoms with Crippen molar-refractivity contribution >= 4 is 22.9 Å². The number of hydrogen-bond acceptors (Lipinski definition) is 5. The Morgan fingerprint density at radius 3 is 2.44 bits per heavy atom. The van der Waals surface area contributed by atoms with E-state index in [9.17, 15) is 4.79 Å². The SMILES string of the molecule is O=C(Cc1csc(CN2CCCCC2)n1)N1CCN(c2ccccc2)CC1. The van der Waals surface area contributed by atoms with Crippen LogP contribution in [0.15, 0.2) is 35.7 Å². The minimum atomic E-state index is 0.206. The molecule has 2 saturated heterocycles. The van der Waals surface area contributed by atoms with Gasteiger partial charge in [0.15, 0.2) is 0 Å². The fourth-order valence-corrected chi connectivity index (χ4v) is 4.77. The van der Waals surface area contributed by atoms with E-state index in [1.165, 1.54) is 38.0 Å². The summed E-state index contributed by atoms with van der Waals surface area (Å²) in [5.41, 5.74) is 2.17. The molecule has 0 aliphatic carbocycles. The normalized spacial score (nSPS) is 18.7. The van der Waals surface area contributed by atoms with E-state index in [4.69, 9.17) is 4.98 Å². The number of anilines is 1. The molecular weight excluding hydrogens is 356 g/mol. The number of piperazine rings is 1. The standard InChI is InChI=1S/C21H28N4OS/c26-21(25-13-11-24(12-14-25)19-7-3-1-4-8-19)15-18-17-27-20(22-18)16-23-9-5-2-6-10-23/h1,3-4,7-8,17H,2,5-6,9-16H2. The number of likely N-dealkylation sites (tertiary alicyclic amines) is 1. The van der Waals surface area contributed by atoms with E-state index in [2.05, 4.69) is 39.4 Å². The van der Waals surface area contributed by atoms with Gasteiger partial charge in [0, 0.05) is 37.2 Å². The van der Waals surface area contributed by atoms with Gasteiger partial charge in [0.1, 0.15) is 5.01 Å². The number of piperidine rings is 1. The van der Waals surface area contributed by atoms with Crippen LogP contribution in [0.4, 0.5) is 5.69 Å². The zero-order valence-electron chi connectivity index (χ0n) is 15.8. The minimum absolute atomic E-state index is 0.206. The van der Waals surface area contributed by atoms with Crippen molar-refractivity contribution in [3.8, 4) is 0 Å². The Labute approximate surface area is 165 Å². The van der Waals surface area contributed by atoms with E-state index in [0.29, 0.717) is 6.42 Å². The lowest BCUT2D eigenvalue weighted by Crippen LogP contribution is -2.49. The number of hydrogen-bond donors (Lipinski definition) is 0. The molecule has 144 valence electrons. The molecule has 0 N–H and O–H groups in total. The topological polar surface area (TPSA) is 39.7 Å². The van der Waals surface area contributed by atoms with Crippen LogP contribution in [-0.4, -0.2) is 60.0 Å². The van der Waals surface area contributed by atoms with E-state index >= 15 is 0 Å². The van der Waals surface area contributed by atoms with Gasteiger partial charge in [-0.3, -0.25) is 9.69 Å². The Hall–Kier alpha value is -1.92. The highest BCUT2D eigenvalue weighted by Gasteiger charge is 2.22. The van der Waals surface area contributed by atoms with E-state index in [-0.39, 0.29) is 5.91 Å². The van der Waals surface area contributed by atoms with E-state index in [1.807, 2.05) is 11.0 Å². The third-order valence-corrected chi connectivity index (χ3v) is 6.38. The van der Waals surface area contributed by atoms with Gasteiger partial charge >= 0.3 is 0 Å². The van der Waals surface area contributed by atoms with Gasteiger partial charge in [-0.15, -0.1) is 11.3 Å². The molecule has 0 bridgehead atoms. The predicted octanol–water partition coefficient (Wildman–Crippen LogP) is 3.02. The van der Waals surface area contributed by atoms with E-state index in [1.54, 1.807) is 11.3 Å². The van der Waals surface area contributed by atoms with Crippen molar-refractivity contribution in [1.29, 1.82) is 0 Å². The summed E-state index contributed by atoms with van der Waals surface area (Å²) in [6.45, 7) is 6.67. The zero-order chi connectivity index (χ0) is 18.5. The van der Waals surface area contributed by atoms with E-state index in [0.717, 1.165) is 43.4 Å². The molecule has 0 radical (unpaired) electrons. The molecule has 0 unspecified atom stereocenters. The lowest BCUT2D eigenvalue weighted by Gasteiger charge is -2.36. The van der Waals surface area contributed by atoms with Gasteiger partial charge in [-0.1, -0.05) is 24.6 Å². The third kappa shape index (κ3) is 4.87. The fourth-order valence-electron chi connectivity index (χ4n) is 3.93. The van der Waals surface area contributed by atoms with Gasteiger partial charge in [0.2, 0.25) is 5.91 Å². The first-order valence-electron chi connectivity index (χ1n) is 10.0. The fraction of sp³-hybridized carbons (Fsp3) is 0.524. The molecule has 5 nitrogen and oxygen atoms in total. The van der Waals surface area contributed by atoms with Crippen LogP contribution in [0.25, 0.3) is 0 Å². The van der Waals surface area contributed by atoms with Gasteiger partial charge in [0.25, 0.3) is 0 Å². The van der Waals surface area contributed by atoms with Crippen LogP contribution >= 0.6 is 11.3 Å². The molecule has 1 aromatic carbocycles. The number of para-hydroxylation sites is 1. The monoisotopic (exact) mass is 384 g/mol. The summed E-state index contributed by atoms with van der Waals surface area (Å²) >= 11 is 1.70. The molecule has 0 atom stereocenters. The van der Waals surface area contributed by atoms with Gasteiger partial charge in [0.05, 0.1) is 18.7 Å². The minimum Gasteiger partial charge on any atom is -0.368 e. The summed E-state index contributed by atoms with van der Waals surface area (Å²) in [4.78, 5) is 24.2. The molecular formula is C21H28N4OS. The second kappa shape index (κ2) is 8.85. The highest BCUT2D eigenvalue weighted by atomic mass is 32.1. The largest absolute Gasteiger partial charge is 0.368 e. The number of amides is 1. The van der Waals surface area contributed by atoms with Crippen LogP contribution in [0.5, 0.6) is 0 Å². The maximum absolute atomic E-state index is 12.7. The molecule has 1 aromatic heterocycles. The summed E-state index contributed by atoms with van der Waals surface area (Å²) in [5.74, 6) is 0.206. The van der Waals surface area contributed by atoms with Crippen molar-refractivity contribution in [3.63, 3.8) is 0 Å². The highest BCUT2D eigenvalue weighted by Crippen LogP contribution is 2.18. The number of thiazole rings is 1. The van der Waals surface area contributed by atoms with Crippen molar-refractivity contribution in [2.75, 3.05) is 44.2 Å². The molecule has 2 fully saturated rings. The first-order chi connectivity index (χ1) is 13.3. The van der Waals surface area contributed by atoms with Crippen LogP contribution in [0, 0.1) is 0 Å². The van der Waals surface area contributed by atoms with Crippen molar-refractivity contribution in [3.05, 3.63) is 46.4 Å².